The fourth-order valence-electron chi connectivity index (χ4n) is 4.41. The second kappa shape index (κ2) is 4.00. The Kier molecular flexibility index (Phi) is 2.72. The molecule has 0 aromatic carbocycles. The van der Waals surface area contributed by atoms with E-state index in [9.17, 15) is 4.79 Å². The molecule has 17 heavy (non-hydrogen) atoms. The highest BCUT2D eigenvalue weighted by atomic mass is 16.1. The first-order valence-electron chi connectivity index (χ1n) is 7.37. The highest BCUT2D eigenvalue weighted by Crippen LogP contribution is 2.52. The number of rotatable bonds is 3. The molecule has 0 radical (unpaired) electrons. The van der Waals surface area contributed by atoms with Crippen LogP contribution in [0.15, 0.2) is 0 Å². The predicted octanol–water partition coefficient (Wildman–Crippen LogP) is 2.98. The van der Waals surface area contributed by atoms with Gasteiger partial charge in [0, 0.05) is 12.5 Å². The lowest BCUT2D eigenvalue weighted by Crippen LogP contribution is -2.44. The van der Waals surface area contributed by atoms with Crippen molar-refractivity contribution in [2.45, 2.75) is 52.4 Å². The lowest BCUT2D eigenvalue weighted by Gasteiger charge is -2.39. The molecule has 2 bridgehead atoms. The Bertz CT molecular complexity index is 319. The summed E-state index contributed by atoms with van der Waals surface area (Å²) in [6.07, 6.45) is 7.91. The third kappa shape index (κ3) is 1.90. The molecule has 3 fully saturated rings. The molecule has 0 aromatic heterocycles. The summed E-state index contributed by atoms with van der Waals surface area (Å²) in [4.78, 5) is 12.3. The fourth-order valence-corrected chi connectivity index (χ4v) is 4.41. The van der Waals surface area contributed by atoms with E-state index in [0.717, 1.165) is 12.5 Å². The van der Waals surface area contributed by atoms with E-state index in [2.05, 4.69) is 19.2 Å². The average Bonchev–Trinajstić information content (AvgIpc) is 2.83. The van der Waals surface area contributed by atoms with Crippen LogP contribution in [-0.4, -0.2) is 12.5 Å². The topological polar surface area (TPSA) is 29.1 Å². The summed E-state index contributed by atoms with van der Waals surface area (Å²) in [5.41, 5.74) is 0.413. The Hall–Kier alpha value is -0.530. The van der Waals surface area contributed by atoms with Gasteiger partial charge in [0.15, 0.2) is 0 Å². The standard InChI is InChI=1S/C15H25NO/c1-10-11-4-5-12(8-11)13(10)14(17)16-9-15(2)6-3-7-15/h10-13H,3-9H2,1-2H3,(H,16,17)/t10-,11+,12-,13-/m1/s1. The van der Waals surface area contributed by atoms with Crippen molar-refractivity contribution in [2.24, 2.45) is 29.1 Å². The van der Waals surface area contributed by atoms with E-state index in [1.807, 2.05) is 0 Å². The molecule has 0 aromatic rings. The molecule has 0 aliphatic heterocycles. The zero-order valence-corrected chi connectivity index (χ0v) is 11.2. The van der Waals surface area contributed by atoms with Gasteiger partial charge in [-0.1, -0.05) is 20.3 Å². The molecule has 0 heterocycles. The second-order valence-corrected chi connectivity index (χ2v) is 7.10. The summed E-state index contributed by atoms with van der Waals surface area (Å²) in [5.74, 6) is 2.86. The Labute approximate surface area is 105 Å². The van der Waals surface area contributed by atoms with E-state index in [-0.39, 0.29) is 0 Å². The van der Waals surface area contributed by atoms with Gasteiger partial charge in [0.1, 0.15) is 0 Å². The van der Waals surface area contributed by atoms with Gasteiger partial charge in [-0.2, -0.15) is 0 Å². The molecule has 2 nitrogen and oxygen atoms in total. The van der Waals surface area contributed by atoms with Crippen molar-refractivity contribution in [3.8, 4) is 0 Å². The highest BCUT2D eigenvalue weighted by Gasteiger charge is 2.48. The van der Waals surface area contributed by atoms with Gasteiger partial charge in [0.05, 0.1) is 0 Å². The first-order valence-corrected chi connectivity index (χ1v) is 7.37. The smallest absolute Gasteiger partial charge is 0.223 e. The van der Waals surface area contributed by atoms with Crippen LogP contribution >= 0.6 is 0 Å². The number of carbonyl (C=O) groups excluding carboxylic acids is 1. The van der Waals surface area contributed by atoms with Gasteiger partial charge in [-0.25, -0.2) is 0 Å². The molecule has 4 atom stereocenters. The molecule has 1 amide bonds. The van der Waals surface area contributed by atoms with Crippen molar-refractivity contribution in [2.75, 3.05) is 6.54 Å². The number of amides is 1. The van der Waals surface area contributed by atoms with E-state index in [1.54, 1.807) is 0 Å². The maximum absolute atomic E-state index is 12.3. The molecular formula is C15H25NO. The minimum absolute atomic E-state index is 0.331. The van der Waals surface area contributed by atoms with Gasteiger partial charge in [0.2, 0.25) is 5.91 Å². The molecule has 2 heteroatoms. The van der Waals surface area contributed by atoms with Crippen molar-refractivity contribution >= 4 is 5.91 Å². The summed E-state index contributed by atoms with van der Waals surface area (Å²) in [7, 11) is 0. The summed E-state index contributed by atoms with van der Waals surface area (Å²) in [6, 6.07) is 0. The van der Waals surface area contributed by atoms with Crippen LogP contribution in [0.3, 0.4) is 0 Å². The number of hydrogen-bond acceptors (Lipinski definition) is 1. The summed E-state index contributed by atoms with van der Waals surface area (Å²) in [5, 5.41) is 3.24. The molecule has 3 aliphatic rings. The molecule has 0 unspecified atom stereocenters. The SMILES string of the molecule is C[C@@H]1[C@H]2CC[C@H](C2)[C@@H]1C(=O)NCC1(C)CCC1. The van der Waals surface area contributed by atoms with E-state index in [1.165, 1.54) is 38.5 Å². The second-order valence-electron chi connectivity index (χ2n) is 7.10. The van der Waals surface area contributed by atoms with Crippen LogP contribution in [0.25, 0.3) is 0 Å². The lowest BCUT2D eigenvalue weighted by molar-refractivity contribution is -0.128. The number of hydrogen-bond donors (Lipinski definition) is 1. The minimum atomic E-state index is 0.331. The van der Waals surface area contributed by atoms with Gasteiger partial charge >= 0.3 is 0 Å². The predicted molar refractivity (Wildman–Crippen MR) is 68.5 cm³/mol. The third-order valence-corrected chi connectivity index (χ3v) is 5.88. The Morgan fingerprint density at radius 3 is 2.53 bits per heavy atom. The third-order valence-electron chi connectivity index (χ3n) is 5.88. The summed E-state index contributed by atoms with van der Waals surface area (Å²) < 4.78 is 0. The van der Waals surface area contributed by atoms with Crippen molar-refractivity contribution in [3.63, 3.8) is 0 Å². The highest BCUT2D eigenvalue weighted by molar-refractivity contribution is 5.79. The van der Waals surface area contributed by atoms with Crippen LogP contribution in [0.2, 0.25) is 0 Å². The van der Waals surface area contributed by atoms with Crippen LogP contribution in [0.5, 0.6) is 0 Å². The van der Waals surface area contributed by atoms with Gasteiger partial charge in [-0.05, 0) is 55.3 Å². The molecule has 0 saturated heterocycles. The largest absolute Gasteiger partial charge is 0.355 e. The first-order chi connectivity index (χ1) is 8.09. The molecule has 3 rings (SSSR count). The molecule has 0 spiro atoms. The quantitative estimate of drug-likeness (QED) is 0.800. The molecule has 96 valence electrons. The van der Waals surface area contributed by atoms with Gasteiger partial charge in [0.25, 0.3) is 0 Å². The van der Waals surface area contributed by atoms with Crippen molar-refractivity contribution in [3.05, 3.63) is 0 Å². The fraction of sp³-hybridized carbons (Fsp3) is 0.933. The van der Waals surface area contributed by atoms with Crippen LogP contribution in [0.4, 0.5) is 0 Å². The van der Waals surface area contributed by atoms with Gasteiger partial charge in [-0.15, -0.1) is 0 Å². The monoisotopic (exact) mass is 235 g/mol. The molecule has 3 saturated carbocycles. The number of nitrogens with one attached hydrogen (secondary N) is 1. The van der Waals surface area contributed by atoms with E-state index in [0.29, 0.717) is 29.1 Å². The molecular weight excluding hydrogens is 210 g/mol. The average molecular weight is 235 g/mol. The summed E-state index contributed by atoms with van der Waals surface area (Å²) in [6.45, 7) is 5.51. The number of fused-ring (bicyclic) bond motifs is 2. The first kappa shape index (κ1) is 11.6. The van der Waals surface area contributed by atoms with E-state index in [4.69, 9.17) is 0 Å². The summed E-state index contributed by atoms with van der Waals surface area (Å²) >= 11 is 0. The zero-order valence-electron chi connectivity index (χ0n) is 11.2. The zero-order chi connectivity index (χ0) is 12.0. The maximum Gasteiger partial charge on any atom is 0.223 e. The maximum atomic E-state index is 12.3. The Morgan fingerprint density at radius 1 is 1.29 bits per heavy atom. The lowest BCUT2D eigenvalue weighted by atomic mass is 9.70. The van der Waals surface area contributed by atoms with Crippen molar-refractivity contribution < 1.29 is 4.79 Å². The van der Waals surface area contributed by atoms with Crippen LogP contribution in [0, 0.1) is 29.1 Å². The molecule has 1 N–H and O–H groups in total. The minimum Gasteiger partial charge on any atom is -0.355 e. The number of carbonyl (C=O) groups is 1. The van der Waals surface area contributed by atoms with Crippen molar-refractivity contribution in [1.82, 2.24) is 5.32 Å². The molecule has 3 aliphatic carbocycles. The Balaban J connectivity index is 1.56. The van der Waals surface area contributed by atoms with Gasteiger partial charge in [-0.3, -0.25) is 4.79 Å². The van der Waals surface area contributed by atoms with E-state index >= 15 is 0 Å². The van der Waals surface area contributed by atoms with Crippen LogP contribution < -0.4 is 5.32 Å². The van der Waals surface area contributed by atoms with Crippen LogP contribution in [-0.2, 0) is 4.79 Å². The van der Waals surface area contributed by atoms with E-state index < -0.39 is 0 Å². The van der Waals surface area contributed by atoms with Crippen LogP contribution in [0.1, 0.15) is 52.4 Å². The normalized spacial score (nSPS) is 42.2. The van der Waals surface area contributed by atoms with Gasteiger partial charge < -0.3 is 5.32 Å². The Morgan fingerprint density at radius 2 is 2.00 bits per heavy atom. The van der Waals surface area contributed by atoms with Crippen molar-refractivity contribution in [1.29, 1.82) is 0 Å².